The number of ether oxygens (including phenoxy) is 1. The quantitative estimate of drug-likeness (QED) is 0.919. The number of halogens is 2. The van der Waals surface area contributed by atoms with E-state index in [0.29, 0.717) is 28.0 Å². The van der Waals surface area contributed by atoms with Gasteiger partial charge in [0.05, 0.1) is 5.69 Å². The van der Waals surface area contributed by atoms with E-state index < -0.39 is 0 Å². The Hall–Kier alpha value is -1.23. The van der Waals surface area contributed by atoms with Gasteiger partial charge in [0.15, 0.2) is 0 Å². The molecule has 4 nitrogen and oxygen atoms in total. The van der Waals surface area contributed by atoms with Gasteiger partial charge in [-0.15, -0.1) is 0 Å². The Morgan fingerprint density at radius 2 is 1.94 bits per heavy atom. The van der Waals surface area contributed by atoms with Gasteiger partial charge in [0.2, 0.25) is 0 Å². The van der Waals surface area contributed by atoms with Gasteiger partial charge >= 0.3 is 6.08 Å². The molecule has 0 fully saturated rings. The maximum atomic E-state index is 5.81. The molecule has 0 unspecified atom stereocenters. The van der Waals surface area contributed by atoms with E-state index in [4.69, 9.17) is 38.1 Å². The highest BCUT2D eigenvalue weighted by molar-refractivity contribution is 6.34. The van der Waals surface area contributed by atoms with E-state index in [0.717, 1.165) is 0 Å². The molecule has 16 heavy (non-hydrogen) atoms. The fourth-order valence-corrected chi connectivity index (χ4v) is 1.62. The first-order chi connectivity index (χ1) is 7.67. The predicted octanol–water partition coefficient (Wildman–Crippen LogP) is 3.23. The van der Waals surface area contributed by atoms with E-state index in [1.165, 1.54) is 6.26 Å². The molecule has 2 rings (SSSR count). The normalized spacial score (nSPS) is 10.4. The monoisotopic (exact) mass is 258 g/mol. The summed E-state index contributed by atoms with van der Waals surface area (Å²) < 4.78 is 10.4. The molecule has 1 aromatic heterocycles. The van der Waals surface area contributed by atoms with Crippen LogP contribution in [-0.4, -0.2) is 4.98 Å². The zero-order valence-corrected chi connectivity index (χ0v) is 9.63. The smallest absolute Gasteiger partial charge is 0.399 e. The number of nitrogens with two attached hydrogens (primary N) is 1. The van der Waals surface area contributed by atoms with Crippen LogP contribution in [0.1, 0.15) is 5.69 Å². The number of benzene rings is 1. The molecule has 1 aromatic carbocycles. The number of aromatic nitrogens is 1. The van der Waals surface area contributed by atoms with E-state index in [1.807, 2.05) is 0 Å². The molecule has 84 valence electrons. The third-order valence-corrected chi connectivity index (χ3v) is 2.22. The molecule has 0 bridgehead atoms. The summed E-state index contributed by atoms with van der Waals surface area (Å²) >= 11 is 11.6. The maximum absolute atomic E-state index is 5.81. The SMILES string of the molecule is NCc1coc(Oc2cc(Cl)cc(Cl)c2)n1. The fraction of sp³-hybridized carbons (Fsp3) is 0.100. The molecule has 0 radical (unpaired) electrons. The van der Waals surface area contributed by atoms with Gasteiger partial charge in [0.1, 0.15) is 12.0 Å². The zero-order valence-electron chi connectivity index (χ0n) is 8.11. The van der Waals surface area contributed by atoms with Crippen molar-refractivity contribution < 1.29 is 9.15 Å². The summed E-state index contributed by atoms with van der Waals surface area (Å²) in [4.78, 5) is 3.98. The van der Waals surface area contributed by atoms with Crippen LogP contribution in [0.5, 0.6) is 11.8 Å². The van der Waals surface area contributed by atoms with Gasteiger partial charge in [0, 0.05) is 16.6 Å². The molecule has 0 aliphatic rings. The highest BCUT2D eigenvalue weighted by atomic mass is 35.5. The lowest BCUT2D eigenvalue weighted by atomic mass is 10.3. The van der Waals surface area contributed by atoms with Crippen LogP contribution in [0.3, 0.4) is 0 Å². The molecule has 0 atom stereocenters. The Bertz CT molecular complexity index is 479. The molecule has 0 saturated heterocycles. The van der Waals surface area contributed by atoms with Gasteiger partial charge in [-0.1, -0.05) is 23.2 Å². The van der Waals surface area contributed by atoms with Crippen LogP contribution in [0.2, 0.25) is 10.0 Å². The van der Waals surface area contributed by atoms with Crippen molar-refractivity contribution in [1.29, 1.82) is 0 Å². The summed E-state index contributed by atoms with van der Waals surface area (Å²) in [5, 5.41) is 0.959. The minimum Gasteiger partial charge on any atom is -0.417 e. The molecule has 0 aliphatic heterocycles. The first-order valence-electron chi connectivity index (χ1n) is 4.46. The average Bonchev–Trinajstić information content (AvgIpc) is 2.64. The minimum absolute atomic E-state index is 0.110. The average molecular weight is 259 g/mol. The molecule has 0 saturated carbocycles. The predicted molar refractivity (Wildman–Crippen MR) is 60.9 cm³/mol. The van der Waals surface area contributed by atoms with E-state index in [9.17, 15) is 0 Å². The minimum atomic E-state index is 0.110. The van der Waals surface area contributed by atoms with Gasteiger partial charge in [-0.05, 0) is 18.2 Å². The molecule has 0 amide bonds. The molecule has 6 heteroatoms. The van der Waals surface area contributed by atoms with Crippen molar-refractivity contribution in [2.45, 2.75) is 6.54 Å². The van der Waals surface area contributed by atoms with E-state index in [2.05, 4.69) is 4.98 Å². The number of nitrogens with zero attached hydrogens (tertiary/aromatic N) is 1. The Kier molecular flexibility index (Phi) is 3.33. The Labute approximate surface area is 102 Å². The summed E-state index contributed by atoms with van der Waals surface area (Å²) in [5.41, 5.74) is 6.00. The third-order valence-electron chi connectivity index (χ3n) is 1.78. The van der Waals surface area contributed by atoms with Crippen LogP contribution in [0.15, 0.2) is 28.9 Å². The van der Waals surface area contributed by atoms with Crippen LogP contribution in [0.25, 0.3) is 0 Å². The van der Waals surface area contributed by atoms with Gasteiger partial charge in [-0.2, -0.15) is 4.98 Å². The van der Waals surface area contributed by atoms with Crippen molar-refractivity contribution >= 4 is 23.2 Å². The fourth-order valence-electron chi connectivity index (χ4n) is 1.12. The second kappa shape index (κ2) is 4.74. The van der Waals surface area contributed by atoms with Crippen LogP contribution in [-0.2, 0) is 6.54 Å². The molecule has 2 aromatic rings. The molecular weight excluding hydrogens is 251 g/mol. The number of rotatable bonds is 3. The van der Waals surface area contributed by atoms with Crippen molar-refractivity contribution in [2.24, 2.45) is 5.73 Å². The molecule has 0 spiro atoms. The van der Waals surface area contributed by atoms with Crippen molar-refractivity contribution in [3.63, 3.8) is 0 Å². The largest absolute Gasteiger partial charge is 0.417 e. The Balaban J connectivity index is 2.19. The molecule has 1 heterocycles. The Morgan fingerprint density at radius 1 is 1.25 bits per heavy atom. The summed E-state index contributed by atoms with van der Waals surface area (Å²) in [6.45, 7) is 0.295. The first-order valence-corrected chi connectivity index (χ1v) is 5.21. The van der Waals surface area contributed by atoms with Crippen molar-refractivity contribution in [3.05, 3.63) is 40.2 Å². The van der Waals surface area contributed by atoms with Gasteiger partial charge in [-0.25, -0.2) is 0 Å². The van der Waals surface area contributed by atoms with Crippen LogP contribution in [0.4, 0.5) is 0 Å². The number of hydrogen-bond acceptors (Lipinski definition) is 4. The van der Waals surface area contributed by atoms with Crippen LogP contribution >= 0.6 is 23.2 Å². The van der Waals surface area contributed by atoms with Gasteiger partial charge in [0.25, 0.3) is 0 Å². The van der Waals surface area contributed by atoms with Crippen molar-refractivity contribution in [3.8, 4) is 11.8 Å². The summed E-state index contributed by atoms with van der Waals surface area (Å²) in [6.07, 6.45) is 1.54. The summed E-state index contributed by atoms with van der Waals surface area (Å²) in [5.74, 6) is 0.461. The highest BCUT2D eigenvalue weighted by Crippen LogP contribution is 2.27. The molecular formula is C10H8Cl2N2O2. The number of oxazole rings is 1. The lowest BCUT2D eigenvalue weighted by molar-refractivity contribution is 0.331. The van der Waals surface area contributed by atoms with E-state index in [-0.39, 0.29) is 6.08 Å². The first kappa shape index (κ1) is 11.3. The Morgan fingerprint density at radius 3 is 2.50 bits per heavy atom. The highest BCUT2D eigenvalue weighted by Gasteiger charge is 2.06. The van der Waals surface area contributed by atoms with Gasteiger partial charge in [-0.3, -0.25) is 0 Å². The maximum Gasteiger partial charge on any atom is 0.399 e. The lowest BCUT2D eigenvalue weighted by Crippen LogP contribution is -1.95. The topological polar surface area (TPSA) is 61.3 Å². The zero-order chi connectivity index (χ0) is 11.5. The standard InChI is InChI=1S/C10H8Cl2N2O2/c11-6-1-7(12)3-9(2-6)16-10-14-8(4-13)5-15-10/h1-3,5H,4,13H2. The summed E-state index contributed by atoms with van der Waals surface area (Å²) in [7, 11) is 0. The molecule has 0 aliphatic carbocycles. The van der Waals surface area contributed by atoms with Gasteiger partial charge < -0.3 is 14.9 Å². The van der Waals surface area contributed by atoms with E-state index in [1.54, 1.807) is 18.2 Å². The second-order valence-corrected chi connectivity index (χ2v) is 3.89. The van der Waals surface area contributed by atoms with E-state index >= 15 is 0 Å². The molecule has 2 N–H and O–H groups in total. The second-order valence-electron chi connectivity index (χ2n) is 3.02. The summed E-state index contributed by atoms with van der Waals surface area (Å²) in [6, 6.07) is 4.83. The lowest BCUT2D eigenvalue weighted by Gasteiger charge is -2.01. The van der Waals surface area contributed by atoms with Crippen LogP contribution < -0.4 is 10.5 Å². The van der Waals surface area contributed by atoms with Crippen LogP contribution in [0, 0.1) is 0 Å². The van der Waals surface area contributed by atoms with Crippen molar-refractivity contribution in [1.82, 2.24) is 4.98 Å². The van der Waals surface area contributed by atoms with Crippen molar-refractivity contribution in [2.75, 3.05) is 0 Å². The third kappa shape index (κ3) is 2.66. The number of hydrogen-bond donors (Lipinski definition) is 1.